The van der Waals surface area contributed by atoms with E-state index in [1.807, 2.05) is 0 Å². The van der Waals surface area contributed by atoms with Crippen LogP contribution in [0.25, 0.3) is 0 Å². The summed E-state index contributed by atoms with van der Waals surface area (Å²) in [5, 5.41) is 10.9. The lowest BCUT2D eigenvalue weighted by Gasteiger charge is -2.13. The number of alkyl halides is 3. The molecule has 0 saturated carbocycles. The summed E-state index contributed by atoms with van der Waals surface area (Å²) in [6, 6.07) is 2.16. The van der Waals surface area contributed by atoms with Gasteiger partial charge in [-0.05, 0) is 23.9 Å². The van der Waals surface area contributed by atoms with Crippen molar-refractivity contribution < 1.29 is 23.1 Å². The first kappa shape index (κ1) is 14.3. The summed E-state index contributed by atoms with van der Waals surface area (Å²) < 4.78 is 36.4. The lowest BCUT2D eigenvalue weighted by molar-refractivity contribution is -0.134. The maximum absolute atomic E-state index is 12.1. The van der Waals surface area contributed by atoms with Crippen LogP contribution in [-0.2, 0) is 4.79 Å². The first-order valence-corrected chi connectivity index (χ1v) is 5.41. The molecule has 100 valence electrons. The Hall–Kier alpha value is -1.77. The Morgan fingerprint density at radius 2 is 1.83 bits per heavy atom. The smallest absolute Gasteiger partial charge is 0.446 e. The van der Waals surface area contributed by atoms with Crippen molar-refractivity contribution in [2.45, 2.75) is 10.4 Å². The molecule has 5 nitrogen and oxygen atoms in total. The fourth-order valence-electron chi connectivity index (χ4n) is 1.22. The molecule has 0 amide bonds. The molecule has 1 rings (SSSR count). The van der Waals surface area contributed by atoms with Gasteiger partial charge in [0.05, 0.1) is 17.1 Å². The van der Waals surface area contributed by atoms with Gasteiger partial charge in [0.2, 0.25) is 0 Å². The van der Waals surface area contributed by atoms with Crippen molar-refractivity contribution >= 4 is 34.8 Å². The van der Waals surface area contributed by atoms with Crippen LogP contribution in [0.4, 0.5) is 30.2 Å². The number of nitrogens with two attached hydrogens (primary N) is 2. The van der Waals surface area contributed by atoms with E-state index in [9.17, 15) is 18.0 Å². The molecule has 0 spiro atoms. The SMILES string of the molecule is Nc1cc(SC(F)(F)F)cc(N)c1NCC(=O)O. The number of aliphatic carboxylic acids is 1. The molecule has 0 fully saturated rings. The van der Waals surface area contributed by atoms with E-state index in [0.29, 0.717) is 0 Å². The molecule has 0 aromatic heterocycles. The molecule has 1 aromatic carbocycles. The van der Waals surface area contributed by atoms with E-state index < -0.39 is 18.0 Å². The highest BCUT2D eigenvalue weighted by Crippen LogP contribution is 2.40. The van der Waals surface area contributed by atoms with Crippen molar-refractivity contribution in [3.8, 4) is 0 Å². The average molecular weight is 281 g/mol. The van der Waals surface area contributed by atoms with Crippen LogP contribution in [-0.4, -0.2) is 23.1 Å². The van der Waals surface area contributed by atoms with Crippen molar-refractivity contribution in [2.24, 2.45) is 0 Å². The summed E-state index contributed by atoms with van der Waals surface area (Å²) in [6.07, 6.45) is 0. The second-order valence-electron chi connectivity index (χ2n) is 3.27. The van der Waals surface area contributed by atoms with Gasteiger partial charge in [-0.3, -0.25) is 4.79 Å². The predicted molar refractivity (Wildman–Crippen MR) is 63.3 cm³/mol. The van der Waals surface area contributed by atoms with Crippen molar-refractivity contribution in [3.05, 3.63) is 12.1 Å². The molecule has 0 saturated heterocycles. The zero-order valence-electron chi connectivity index (χ0n) is 8.91. The van der Waals surface area contributed by atoms with E-state index in [0.717, 1.165) is 12.1 Å². The van der Waals surface area contributed by atoms with Gasteiger partial charge >= 0.3 is 11.5 Å². The molecule has 0 aliphatic heterocycles. The third-order valence-corrected chi connectivity index (χ3v) is 2.53. The first-order valence-electron chi connectivity index (χ1n) is 4.59. The number of carboxylic acid groups (broad SMARTS) is 1. The lowest BCUT2D eigenvalue weighted by atomic mass is 10.2. The van der Waals surface area contributed by atoms with Crippen molar-refractivity contribution in [1.29, 1.82) is 0 Å². The molecule has 0 unspecified atom stereocenters. The Kier molecular flexibility index (Phi) is 4.17. The lowest BCUT2D eigenvalue weighted by Crippen LogP contribution is -2.14. The van der Waals surface area contributed by atoms with Crippen LogP contribution in [0.1, 0.15) is 0 Å². The third kappa shape index (κ3) is 4.24. The fraction of sp³-hybridized carbons (Fsp3) is 0.222. The number of thioether (sulfide) groups is 1. The van der Waals surface area contributed by atoms with E-state index in [4.69, 9.17) is 16.6 Å². The van der Waals surface area contributed by atoms with Crippen LogP contribution >= 0.6 is 11.8 Å². The molecule has 9 heteroatoms. The van der Waals surface area contributed by atoms with Crippen LogP contribution in [0.5, 0.6) is 0 Å². The van der Waals surface area contributed by atoms with Gasteiger partial charge in [0.1, 0.15) is 6.54 Å². The number of nitrogen functional groups attached to an aromatic ring is 2. The van der Waals surface area contributed by atoms with Gasteiger partial charge in [-0.1, -0.05) is 0 Å². The van der Waals surface area contributed by atoms with Gasteiger partial charge in [-0.15, -0.1) is 0 Å². The molecule has 6 N–H and O–H groups in total. The minimum atomic E-state index is -4.44. The van der Waals surface area contributed by atoms with E-state index >= 15 is 0 Å². The Morgan fingerprint density at radius 1 is 1.33 bits per heavy atom. The van der Waals surface area contributed by atoms with E-state index in [-0.39, 0.29) is 33.7 Å². The maximum Gasteiger partial charge on any atom is 0.446 e. The second-order valence-corrected chi connectivity index (χ2v) is 4.41. The Labute approximate surface area is 104 Å². The highest BCUT2D eigenvalue weighted by Gasteiger charge is 2.29. The maximum atomic E-state index is 12.1. The number of nitrogens with one attached hydrogen (secondary N) is 1. The number of anilines is 3. The van der Waals surface area contributed by atoms with Gasteiger partial charge in [0.25, 0.3) is 0 Å². The molecule has 0 radical (unpaired) electrons. The van der Waals surface area contributed by atoms with Crippen LogP contribution < -0.4 is 16.8 Å². The summed E-state index contributed by atoms with van der Waals surface area (Å²) in [4.78, 5) is 10.2. The zero-order valence-corrected chi connectivity index (χ0v) is 9.73. The minimum Gasteiger partial charge on any atom is -0.480 e. The number of rotatable bonds is 4. The Morgan fingerprint density at radius 3 is 2.22 bits per heavy atom. The number of carbonyl (C=O) groups is 1. The highest BCUT2D eigenvalue weighted by molar-refractivity contribution is 8.00. The number of benzene rings is 1. The first-order chi connectivity index (χ1) is 8.19. The minimum absolute atomic E-state index is 0.0389. The van der Waals surface area contributed by atoms with E-state index in [1.54, 1.807) is 0 Å². The second kappa shape index (κ2) is 5.25. The van der Waals surface area contributed by atoms with Crippen LogP contribution in [0.2, 0.25) is 0 Å². The summed E-state index contributed by atoms with van der Waals surface area (Å²) in [5.74, 6) is -1.14. The monoisotopic (exact) mass is 281 g/mol. The Balaban J connectivity index is 2.94. The van der Waals surface area contributed by atoms with Gasteiger partial charge in [0, 0.05) is 4.90 Å². The fourth-order valence-corrected chi connectivity index (χ4v) is 1.86. The van der Waals surface area contributed by atoms with Gasteiger partial charge in [-0.2, -0.15) is 13.2 Å². The molecule has 0 bridgehead atoms. The topological polar surface area (TPSA) is 101 Å². The van der Waals surface area contributed by atoms with Crippen molar-refractivity contribution in [3.63, 3.8) is 0 Å². The van der Waals surface area contributed by atoms with E-state index in [2.05, 4.69) is 5.32 Å². The number of halogens is 3. The molecule has 0 aliphatic rings. The number of hydrogen-bond acceptors (Lipinski definition) is 5. The number of hydrogen-bond donors (Lipinski definition) is 4. The van der Waals surface area contributed by atoms with Crippen LogP contribution in [0.15, 0.2) is 17.0 Å². The summed E-state index contributed by atoms with van der Waals surface area (Å²) in [5.41, 5.74) is 6.62. The largest absolute Gasteiger partial charge is 0.480 e. The van der Waals surface area contributed by atoms with Gasteiger partial charge in [0.15, 0.2) is 0 Å². The third-order valence-electron chi connectivity index (χ3n) is 1.82. The molecular weight excluding hydrogens is 271 g/mol. The van der Waals surface area contributed by atoms with Gasteiger partial charge in [-0.25, -0.2) is 0 Å². The van der Waals surface area contributed by atoms with Crippen molar-refractivity contribution in [1.82, 2.24) is 0 Å². The molecule has 0 aliphatic carbocycles. The highest BCUT2D eigenvalue weighted by atomic mass is 32.2. The quantitative estimate of drug-likeness (QED) is 0.497. The molecule has 0 atom stereocenters. The normalized spacial score (nSPS) is 11.3. The van der Waals surface area contributed by atoms with Crippen LogP contribution in [0, 0.1) is 0 Å². The summed E-state index contributed by atoms with van der Waals surface area (Å²) in [7, 11) is 0. The Bertz CT molecular complexity index is 442. The predicted octanol–water partition coefficient (Wildman–Crippen LogP) is 1.96. The standard InChI is InChI=1S/C9H10F3N3O2S/c10-9(11,12)18-4-1-5(13)8(6(14)2-4)15-3-7(16)17/h1-2,15H,3,13-14H2,(H,16,17). The average Bonchev–Trinajstić information content (AvgIpc) is 2.12. The molecule has 1 aromatic rings. The zero-order chi connectivity index (χ0) is 13.9. The summed E-state index contributed by atoms with van der Waals surface area (Å²) in [6.45, 7) is -0.430. The number of carboxylic acids is 1. The van der Waals surface area contributed by atoms with Gasteiger partial charge < -0.3 is 21.9 Å². The van der Waals surface area contributed by atoms with Crippen molar-refractivity contribution in [2.75, 3.05) is 23.3 Å². The van der Waals surface area contributed by atoms with Crippen LogP contribution in [0.3, 0.4) is 0 Å². The van der Waals surface area contributed by atoms with E-state index in [1.165, 1.54) is 0 Å². The summed E-state index contributed by atoms with van der Waals surface area (Å²) >= 11 is -0.342. The molecular formula is C9H10F3N3O2S. The molecule has 18 heavy (non-hydrogen) atoms. The molecule has 0 heterocycles.